The van der Waals surface area contributed by atoms with Crippen LogP contribution in [0.5, 0.6) is 0 Å². The van der Waals surface area contributed by atoms with Gasteiger partial charge in [0.2, 0.25) is 0 Å². The van der Waals surface area contributed by atoms with E-state index in [2.05, 4.69) is 15.3 Å². The van der Waals surface area contributed by atoms with Gasteiger partial charge in [0, 0.05) is 12.2 Å². The zero-order chi connectivity index (χ0) is 11.4. The Morgan fingerprint density at radius 1 is 1.60 bits per heavy atom. The number of nitrogens with one attached hydrogen (secondary N) is 1. The van der Waals surface area contributed by atoms with Crippen LogP contribution in [0.15, 0.2) is 11.4 Å². The predicted molar refractivity (Wildman–Crippen MR) is 60.8 cm³/mol. The van der Waals surface area contributed by atoms with E-state index in [0.29, 0.717) is 10.7 Å². The number of carbonyl (C=O) groups is 1. The second kappa shape index (κ2) is 4.97. The van der Waals surface area contributed by atoms with Gasteiger partial charge >= 0.3 is 0 Å². The van der Waals surface area contributed by atoms with Crippen molar-refractivity contribution in [3.05, 3.63) is 11.8 Å². The van der Waals surface area contributed by atoms with Crippen LogP contribution in [0.3, 0.4) is 0 Å². The van der Waals surface area contributed by atoms with Gasteiger partial charge in [0.05, 0.1) is 5.56 Å². The number of hydrogen-bond donors (Lipinski definition) is 2. The lowest BCUT2D eigenvalue weighted by Gasteiger charge is -2.09. The second-order valence-corrected chi connectivity index (χ2v) is 4.06. The maximum Gasteiger partial charge on any atom is 0.256 e. The van der Waals surface area contributed by atoms with E-state index in [1.54, 1.807) is 0 Å². The molecule has 0 fully saturated rings. The molecule has 0 atom stereocenters. The summed E-state index contributed by atoms with van der Waals surface area (Å²) >= 11 is 1.38. The van der Waals surface area contributed by atoms with Gasteiger partial charge in [-0.3, -0.25) is 4.79 Å². The van der Waals surface area contributed by atoms with Crippen LogP contribution in [-0.2, 0) is 0 Å². The zero-order valence-electron chi connectivity index (χ0n) is 8.94. The minimum Gasteiger partial charge on any atom is -0.383 e. The molecule has 5 nitrogen and oxygen atoms in total. The third kappa shape index (κ3) is 3.09. The standard InChI is InChI=1S/C9H14N4OS/c1-5(2)12-8(14)6-4-11-9(15-3)13-7(6)10/h4-5H,1-3H3,(H,12,14)(H2,10,11,13). The first-order valence-corrected chi connectivity index (χ1v) is 5.74. The smallest absolute Gasteiger partial charge is 0.256 e. The van der Waals surface area contributed by atoms with Crippen molar-refractivity contribution in [3.63, 3.8) is 0 Å². The minimum absolute atomic E-state index is 0.0668. The predicted octanol–water partition coefficient (Wildman–Crippen LogP) is 0.919. The Morgan fingerprint density at radius 3 is 2.73 bits per heavy atom. The highest BCUT2D eigenvalue weighted by molar-refractivity contribution is 7.98. The Morgan fingerprint density at radius 2 is 2.27 bits per heavy atom. The highest BCUT2D eigenvalue weighted by atomic mass is 32.2. The van der Waals surface area contributed by atoms with Gasteiger partial charge in [-0.25, -0.2) is 9.97 Å². The summed E-state index contributed by atoms with van der Waals surface area (Å²) in [5, 5.41) is 3.30. The molecule has 1 amide bonds. The van der Waals surface area contributed by atoms with Crippen molar-refractivity contribution < 1.29 is 4.79 Å². The van der Waals surface area contributed by atoms with Crippen LogP contribution in [0.25, 0.3) is 0 Å². The Kier molecular flexibility index (Phi) is 3.90. The van der Waals surface area contributed by atoms with Gasteiger partial charge in [-0.2, -0.15) is 0 Å². The van der Waals surface area contributed by atoms with Crippen molar-refractivity contribution in [3.8, 4) is 0 Å². The van der Waals surface area contributed by atoms with Crippen molar-refractivity contribution in [2.75, 3.05) is 12.0 Å². The van der Waals surface area contributed by atoms with Crippen molar-refractivity contribution in [2.45, 2.75) is 25.0 Å². The fourth-order valence-corrected chi connectivity index (χ4v) is 1.34. The SMILES string of the molecule is CSc1ncc(C(=O)NC(C)C)c(N)n1. The number of carbonyl (C=O) groups excluding carboxylic acids is 1. The van der Waals surface area contributed by atoms with E-state index >= 15 is 0 Å². The number of nitrogens with two attached hydrogens (primary N) is 1. The lowest BCUT2D eigenvalue weighted by Crippen LogP contribution is -2.31. The third-order valence-electron chi connectivity index (χ3n) is 1.64. The van der Waals surface area contributed by atoms with Crippen molar-refractivity contribution in [2.24, 2.45) is 0 Å². The molecule has 82 valence electrons. The topological polar surface area (TPSA) is 80.9 Å². The van der Waals surface area contributed by atoms with Crippen LogP contribution in [0.2, 0.25) is 0 Å². The molecule has 1 heterocycles. The van der Waals surface area contributed by atoms with Crippen molar-refractivity contribution in [1.82, 2.24) is 15.3 Å². The molecule has 0 saturated carbocycles. The number of amides is 1. The Hall–Kier alpha value is -1.30. The van der Waals surface area contributed by atoms with Crippen LogP contribution < -0.4 is 11.1 Å². The lowest BCUT2D eigenvalue weighted by atomic mass is 10.2. The Bertz CT molecular complexity index is 367. The minimum atomic E-state index is -0.241. The summed E-state index contributed by atoms with van der Waals surface area (Å²) in [4.78, 5) is 19.6. The summed E-state index contributed by atoms with van der Waals surface area (Å²) in [6, 6.07) is 0.0668. The van der Waals surface area contributed by atoms with E-state index in [1.807, 2.05) is 20.1 Å². The monoisotopic (exact) mass is 226 g/mol. The Labute approximate surface area is 92.9 Å². The van der Waals surface area contributed by atoms with Gasteiger partial charge in [-0.15, -0.1) is 0 Å². The van der Waals surface area contributed by atoms with Gasteiger partial charge in [-0.1, -0.05) is 11.8 Å². The molecule has 15 heavy (non-hydrogen) atoms. The number of aromatic nitrogens is 2. The molecule has 3 N–H and O–H groups in total. The summed E-state index contributed by atoms with van der Waals surface area (Å²) in [5.74, 6) is -0.0253. The molecule has 0 aliphatic heterocycles. The Balaban J connectivity index is 2.90. The van der Waals surface area contributed by atoms with Crippen LogP contribution in [0.4, 0.5) is 5.82 Å². The quantitative estimate of drug-likeness (QED) is 0.591. The maximum atomic E-state index is 11.6. The number of anilines is 1. The van der Waals surface area contributed by atoms with Crippen molar-refractivity contribution >= 4 is 23.5 Å². The van der Waals surface area contributed by atoms with E-state index in [-0.39, 0.29) is 17.8 Å². The highest BCUT2D eigenvalue weighted by Crippen LogP contribution is 2.13. The van der Waals surface area contributed by atoms with Crippen LogP contribution in [0.1, 0.15) is 24.2 Å². The van der Waals surface area contributed by atoms with E-state index < -0.39 is 0 Å². The molecule has 0 aromatic carbocycles. The van der Waals surface area contributed by atoms with E-state index in [0.717, 1.165) is 0 Å². The van der Waals surface area contributed by atoms with Gasteiger partial charge in [-0.05, 0) is 20.1 Å². The van der Waals surface area contributed by atoms with Crippen LogP contribution >= 0.6 is 11.8 Å². The number of rotatable bonds is 3. The first-order valence-electron chi connectivity index (χ1n) is 4.52. The lowest BCUT2D eigenvalue weighted by molar-refractivity contribution is 0.0943. The van der Waals surface area contributed by atoms with E-state index in [9.17, 15) is 4.79 Å². The van der Waals surface area contributed by atoms with E-state index in [4.69, 9.17) is 5.73 Å². The average Bonchev–Trinajstić information content (AvgIpc) is 2.16. The zero-order valence-corrected chi connectivity index (χ0v) is 9.76. The summed E-state index contributed by atoms with van der Waals surface area (Å²) in [7, 11) is 0. The molecule has 0 aliphatic carbocycles. The highest BCUT2D eigenvalue weighted by Gasteiger charge is 2.12. The molecule has 0 saturated heterocycles. The average molecular weight is 226 g/mol. The van der Waals surface area contributed by atoms with Gasteiger partial charge < -0.3 is 11.1 Å². The van der Waals surface area contributed by atoms with E-state index in [1.165, 1.54) is 18.0 Å². The molecular weight excluding hydrogens is 212 g/mol. The van der Waals surface area contributed by atoms with Gasteiger partial charge in [0.25, 0.3) is 5.91 Å². The summed E-state index contributed by atoms with van der Waals surface area (Å²) < 4.78 is 0. The molecule has 0 spiro atoms. The first kappa shape index (κ1) is 11.8. The fraction of sp³-hybridized carbons (Fsp3) is 0.444. The molecule has 0 unspecified atom stereocenters. The molecule has 1 rings (SSSR count). The fourth-order valence-electron chi connectivity index (χ4n) is 0.991. The summed E-state index contributed by atoms with van der Waals surface area (Å²) in [6.07, 6.45) is 3.30. The molecular formula is C9H14N4OS. The summed E-state index contributed by atoms with van der Waals surface area (Å²) in [5.41, 5.74) is 5.97. The number of thioether (sulfide) groups is 1. The first-order chi connectivity index (χ1) is 7.04. The van der Waals surface area contributed by atoms with Crippen LogP contribution in [-0.4, -0.2) is 28.2 Å². The number of nitrogen functional groups attached to an aromatic ring is 1. The van der Waals surface area contributed by atoms with Crippen molar-refractivity contribution in [1.29, 1.82) is 0 Å². The molecule has 0 bridgehead atoms. The largest absolute Gasteiger partial charge is 0.383 e. The molecule has 0 aliphatic rings. The normalized spacial score (nSPS) is 10.4. The molecule has 1 aromatic rings. The summed E-state index contributed by atoms with van der Waals surface area (Å²) in [6.45, 7) is 3.76. The van der Waals surface area contributed by atoms with Crippen LogP contribution in [0, 0.1) is 0 Å². The maximum absolute atomic E-state index is 11.6. The third-order valence-corrected chi connectivity index (χ3v) is 2.20. The van der Waals surface area contributed by atoms with Gasteiger partial charge in [0.15, 0.2) is 5.16 Å². The molecule has 1 aromatic heterocycles. The second-order valence-electron chi connectivity index (χ2n) is 3.28. The molecule has 6 heteroatoms. The number of hydrogen-bond acceptors (Lipinski definition) is 5. The molecule has 0 radical (unpaired) electrons. The number of nitrogens with zero attached hydrogens (tertiary/aromatic N) is 2. The van der Waals surface area contributed by atoms with Gasteiger partial charge in [0.1, 0.15) is 5.82 Å².